The number of anilines is 3. The van der Waals surface area contributed by atoms with Crippen LogP contribution in [0.5, 0.6) is 0 Å². The molecule has 0 bridgehead atoms. The standard InChI is InChI=1S/C23H29N3O2/c1-18-7-6-8-22(17-18)26(19(2)27)16-13-23(28)24-20-9-11-21(12-10-20)25-14-4-3-5-15-25/h6-12,17H,3-5,13-16H2,1-2H3,(H,24,28). The van der Waals surface area contributed by atoms with Crippen LogP contribution in [0.2, 0.25) is 0 Å². The van der Waals surface area contributed by atoms with E-state index in [1.165, 1.54) is 31.9 Å². The minimum Gasteiger partial charge on any atom is -0.372 e. The Hall–Kier alpha value is -2.82. The Bertz CT molecular complexity index is 811. The maximum Gasteiger partial charge on any atom is 0.226 e. The fourth-order valence-corrected chi connectivity index (χ4v) is 3.61. The van der Waals surface area contributed by atoms with Crippen LogP contribution >= 0.6 is 0 Å². The van der Waals surface area contributed by atoms with Crippen molar-refractivity contribution in [1.29, 1.82) is 0 Å². The van der Waals surface area contributed by atoms with Gasteiger partial charge in [-0.15, -0.1) is 0 Å². The second-order valence-electron chi connectivity index (χ2n) is 7.40. The number of carbonyl (C=O) groups is 2. The number of nitrogens with one attached hydrogen (secondary N) is 1. The first-order valence-corrected chi connectivity index (χ1v) is 10.0. The second kappa shape index (κ2) is 9.40. The maximum atomic E-state index is 12.4. The summed E-state index contributed by atoms with van der Waals surface area (Å²) < 4.78 is 0. The topological polar surface area (TPSA) is 52.7 Å². The van der Waals surface area contributed by atoms with E-state index in [4.69, 9.17) is 0 Å². The number of amides is 2. The van der Waals surface area contributed by atoms with Crippen molar-refractivity contribution >= 4 is 28.9 Å². The first kappa shape index (κ1) is 19.9. The van der Waals surface area contributed by atoms with Gasteiger partial charge in [0.2, 0.25) is 11.8 Å². The highest BCUT2D eigenvalue weighted by atomic mass is 16.2. The number of carbonyl (C=O) groups excluding carboxylic acids is 2. The summed E-state index contributed by atoms with van der Waals surface area (Å²) in [6.07, 6.45) is 4.05. The normalized spacial score (nSPS) is 13.9. The predicted octanol–water partition coefficient (Wildman–Crippen LogP) is 4.37. The van der Waals surface area contributed by atoms with E-state index in [0.717, 1.165) is 30.0 Å². The molecule has 0 unspecified atom stereocenters. The smallest absolute Gasteiger partial charge is 0.226 e. The first-order valence-electron chi connectivity index (χ1n) is 10.0. The third kappa shape index (κ3) is 5.35. The highest BCUT2D eigenvalue weighted by Crippen LogP contribution is 2.22. The third-order valence-electron chi connectivity index (χ3n) is 5.13. The summed E-state index contributed by atoms with van der Waals surface area (Å²) in [6.45, 7) is 6.08. The maximum absolute atomic E-state index is 12.4. The average molecular weight is 380 g/mol. The molecule has 0 atom stereocenters. The molecule has 1 fully saturated rings. The summed E-state index contributed by atoms with van der Waals surface area (Å²) in [5, 5.41) is 2.93. The summed E-state index contributed by atoms with van der Waals surface area (Å²) in [5.74, 6) is -0.158. The Balaban J connectivity index is 1.55. The highest BCUT2D eigenvalue weighted by molar-refractivity contribution is 5.94. The van der Waals surface area contributed by atoms with E-state index in [1.54, 1.807) is 4.90 Å². The molecule has 1 aliphatic heterocycles. The molecule has 1 heterocycles. The van der Waals surface area contributed by atoms with Crippen LogP contribution in [0.3, 0.4) is 0 Å². The fraction of sp³-hybridized carbons (Fsp3) is 0.391. The van der Waals surface area contributed by atoms with Gasteiger partial charge in [-0.25, -0.2) is 0 Å². The molecular formula is C23H29N3O2. The van der Waals surface area contributed by atoms with Crippen LogP contribution in [0.15, 0.2) is 48.5 Å². The molecule has 5 heteroatoms. The van der Waals surface area contributed by atoms with Crippen LogP contribution in [-0.2, 0) is 9.59 Å². The van der Waals surface area contributed by atoms with Gasteiger partial charge in [0, 0.05) is 50.0 Å². The van der Waals surface area contributed by atoms with Crippen molar-refractivity contribution in [2.24, 2.45) is 0 Å². The number of aryl methyl sites for hydroxylation is 1. The van der Waals surface area contributed by atoms with Crippen molar-refractivity contribution < 1.29 is 9.59 Å². The molecule has 3 rings (SSSR count). The molecule has 0 saturated carbocycles. The zero-order chi connectivity index (χ0) is 19.9. The van der Waals surface area contributed by atoms with Gasteiger partial charge >= 0.3 is 0 Å². The van der Waals surface area contributed by atoms with E-state index in [0.29, 0.717) is 6.54 Å². The van der Waals surface area contributed by atoms with Crippen LogP contribution in [0.1, 0.15) is 38.2 Å². The zero-order valence-electron chi connectivity index (χ0n) is 16.8. The van der Waals surface area contributed by atoms with E-state index in [9.17, 15) is 9.59 Å². The van der Waals surface area contributed by atoms with E-state index in [-0.39, 0.29) is 18.2 Å². The molecule has 28 heavy (non-hydrogen) atoms. The lowest BCUT2D eigenvalue weighted by Gasteiger charge is -2.28. The Morgan fingerprint density at radius 1 is 1.04 bits per heavy atom. The van der Waals surface area contributed by atoms with Crippen LogP contribution in [0.25, 0.3) is 0 Å². The molecule has 0 spiro atoms. The van der Waals surface area contributed by atoms with Crippen LogP contribution in [-0.4, -0.2) is 31.4 Å². The average Bonchev–Trinajstić information content (AvgIpc) is 2.69. The fourth-order valence-electron chi connectivity index (χ4n) is 3.61. The quantitative estimate of drug-likeness (QED) is 0.811. The van der Waals surface area contributed by atoms with Crippen molar-refractivity contribution in [1.82, 2.24) is 0 Å². The molecule has 0 aromatic heterocycles. The monoisotopic (exact) mass is 379 g/mol. The first-order chi connectivity index (χ1) is 13.5. The minimum absolute atomic E-state index is 0.0655. The number of hydrogen-bond acceptors (Lipinski definition) is 3. The highest BCUT2D eigenvalue weighted by Gasteiger charge is 2.14. The van der Waals surface area contributed by atoms with E-state index < -0.39 is 0 Å². The lowest BCUT2D eigenvalue weighted by atomic mass is 10.1. The molecule has 1 N–H and O–H groups in total. The number of hydrogen-bond donors (Lipinski definition) is 1. The number of nitrogens with zero attached hydrogens (tertiary/aromatic N) is 2. The molecule has 5 nitrogen and oxygen atoms in total. The predicted molar refractivity (Wildman–Crippen MR) is 115 cm³/mol. The van der Waals surface area contributed by atoms with Crippen LogP contribution < -0.4 is 15.1 Å². The van der Waals surface area contributed by atoms with Gasteiger partial charge in [-0.2, -0.15) is 0 Å². The molecule has 2 aromatic rings. The number of piperidine rings is 1. The molecule has 1 aliphatic rings. The van der Waals surface area contributed by atoms with Crippen molar-refractivity contribution in [2.45, 2.75) is 39.5 Å². The van der Waals surface area contributed by atoms with Gasteiger partial charge in [0.15, 0.2) is 0 Å². The van der Waals surface area contributed by atoms with Gasteiger partial charge in [0.25, 0.3) is 0 Å². The Morgan fingerprint density at radius 3 is 2.39 bits per heavy atom. The largest absolute Gasteiger partial charge is 0.372 e. The van der Waals surface area contributed by atoms with Gasteiger partial charge in [-0.1, -0.05) is 12.1 Å². The summed E-state index contributed by atoms with van der Waals surface area (Å²) >= 11 is 0. The molecule has 2 aromatic carbocycles. The summed E-state index contributed by atoms with van der Waals surface area (Å²) in [7, 11) is 0. The number of benzene rings is 2. The summed E-state index contributed by atoms with van der Waals surface area (Å²) in [4.78, 5) is 28.4. The van der Waals surface area contributed by atoms with Crippen LogP contribution in [0, 0.1) is 6.92 Å². The van der Waals surface area contributed by atoms with Crippen molar-refractivity contribution in [2.75, 3.05) is 34.8 Å². The molecule has 1 saturated heterocycles. The number of rotatable bonds is 6. The second-order valence-corrected chi connectivity index (χ2v) is 7.40. The van der Waals surface area contributed by atoms with Gasteiger partial charge in [-0.05, 0) is 68.1 Å². The molecule has 148 valence electrons. The molecular weight excluding hydrogens is 350 g/mol. The Morgan fingerprint density at radius 2 is 1.75 bits per heavy atom. The van der Waals surface area contributed by atoms with Crippen LogP contribution in [0.4, 0.5) is 17.1 Å². The SMILES string of the molecule is CC(=O)N(CCC(=O)Nc1ccc(N2CCCCC2)cc1)c1cccc(C)c1. The Kier molecular flexibility index (Phi) is 6.69. The van der Waals surface area contributed by atoms with Crippen molar-refractivity contribution in [3.63, 3.8) is 0 Å². The molecule has 0 aliphatic carbocycles. The van der Waals surface area contributed by atoms with Gasteiger partial charge in [0.05, 0.1) is 0 Å². The van der Waals surface area contributed by atoms with Gasteiger partial charge < -0.3 is 15.1 Å². The minimum atomic E-state index is -0.0929. The molecule has 2 amide bonds. The summed E-state index contributed by atoms with van der Waals surface area (Å²) in [6, 6.07) is 15.8. The molecule has 0 radical (unpaired) electrons. The third-order valence-corrected chi connectivity index (χ3v) is 5.13. The van der Waals surface area contributed by atoms with Gasteiger partial charge in [0.1, 0.15) is 0 Å². The zero-order valence-corrected chi connectivity index (χ0v) is 16.8. The lowest BCUT2D eigenvalue weighted by Crippen LogP contribution is -2.32. The van der Waals surface area contributed by atoms with Crippen molar-refractivity contribution in [3.05, 3.63) is 54.1 Å². The van der Waals surface area contributed by atoms with Gasteiger partial charge in [-0.3, -0.25) is 9.59 Å². The summed E-state index contributed by atoms with van der Waals surface area (Å²) in [5.41, 5.74) is 3.91. The van der Waals surface area contributed by atoms with Crippen molar-refractivity contribution in [3.8, 4) is 0 Å². The Labute approximate surface area is 167 Å². The lowest BCUT2D eigenvalue weighted by molar-refractivity contribution is -0.117. The van der Waals surface area contributed by atoms with E-state index in [1.807, 2.05) is 43.3 Å². The van der Waals surface area contributed by atoms with E-state index in [2.05, 4.69) is 22.3 Å². The van der Waals surface area contributed by atoms with E-state index >= 15 is 0 Å².